The van der Waals surface area contributed by atoms with Gasteiger partial charge in [0, 0.05) is 26.1 Å². The predicted octanol–water partition coefficient (Wildman–Crippen LogP) is 5.25. The van der Waals surface area contributed by atoms with Crippen molar-refractivity contribution in [2.75, 3.05) is 32.7 Å². The first-order chi connectivity index (χ1) is 15.7. The highest BCUT2D eigenvalue weighted by atomic mass is 32.1. The number of fused-ring (bicyclic) bond motifs is 1. The third-order valence-corrected chi connectivity index (χ3v) is 7.65. The van der Waals surface area contributed by atoms with E-state index in [4.69, 9.17) is 4.74 Å². The summed E-state index contributed by atoms with van der Waals surface area (Å²) < 4.78 is 7.18. The molecule has 0 radical (unpaired) electrons. The number of rotatable bonds is 11. The minimum absolute atomic E-state index is 0.349. The van der Waals surface area contributed by atoms with Crippen molar-refractivity contribution in [3.63, 3.8) is 0 Å². The van der Waals surface area contributed by atoms with Gasteiger partial charge in [-0.25, -0.2) is 4.98 Å². The highest BCUT2D eigenvalue weighted by molar-refractivity contribution is 7.20. The van der Waals surface area contributed by atoms with Gasteiger partial charge in [-0.2, -0.15) is 0 Å². The Morgan fingerprint density at radius 2 is 2.12 bits per heavy atom. The largest absolute Gasteiger partial charge is 0.431 e. The number of aromatic nitrogens is 1. The fraction of sp³-hybridized carbons (Fsp3) is 0.538. The number of carbonyl (C=O) groups is 1. The molecule has 0 N–H and O–H groups in total. The Bertz CT molecular complexity index is 961. The van der Waals surface area contributed by atoms with Crippen LogP contribution < -0.4 is 4.74 Å². The lowest BCUT2D eigenvalue weighted by Gasteiger charge is -2.26. The first-order valence-corrected chi connectivity index (χ1v) is 13.0. The lowest BCUT2D eigenvalue weighted by Crippen LogP contribution is -2.33. The molecule has 32 heavy (non-hydrogen) atoms. The lowest BCUT2D eigenvalue weighted by atomic mass is 9.96. The molecule has 0 bridgehead atoms. The normalized spacial score (nSPS) is 21.0. The van der Waals surface area contributed by atoms with E-state index in [-0.39, 0.29) is 0 Å². The molecular formula is C26H33N3O2S. The zero-order chi connectivity index (χ0) is 21.8. The third-order valence-electron chi connectivity index (χ3n) is 6.74. The van der Waals surface area contributed by atoms with E-state index < -0.39 is 0 Å². The number of hydrogen-bond acceptors (Lipinski definition) is 5. The van der Waals surface area contributed by atoms with Crippen LogP contribution in [0.1, 0.15) is 44.9 Å². The molecule has 170 valence electrons. The second-order valence-corrected chi connectivity index (χ2v) is 10.4. The Morgan fingerprint density at radius 1 is 1.22 bits per heavy atom. The standard InChI is InChI=1S/C26H33N3O2S/c30-25-7-3-16-29(25)17-4-15-28(19-21-8-9-21)18-14-20-10-12-22(13-11-20)31-26-27-23-5-1-2-6-24(23)32-26/h1-2,5-6,10,12-13,20-21H,3-4,7-9,11,14-19H2. The van der Waals surface area contributed by atoms with Crippen LogP contribution >= 0.6 is 11.3 Å². The molecular weight excluding hydrogens is 418 g/mol. The topological polar surface area (TPSA) is 45.7 Å². The Balaban J connectivity index is 1.07. The molecule has 6 heteroatoms. The number of likely N-dealkylation sites (tertiary alicyclic amines) is 1. The zero-order valence-electron chi connectivity index (χ0n) is 18.7. The van der Waals surface area contributed by atoms with Crippen LogP contribution in [-0.2, 0) is 4.79 Å². The number of amides is 1. The molecule has 1 atom stereocenters. The fourth-order valence-electron chi connectivity index (χ4n) is 4.66. The average Bonchev–Trinajstić information content (AvgIpc) is 3.38. The van der Waals surface area contributed by atoms with E-state index in [1.165, 1.54) is 25.8 Å². The van der Waals surface area contributed by atoms with Crippen molar-refractivity contribution in [2.45, 2.75) is 44.9 Å². The number of hydrogen-bond donors (Lipinski definition) is 0. The summed E-state index contributed by atoms with van der Waals surface area (Å²) in [6.45, 7) is 5.37. The molecule has 2 fully saturated rings. The van der Waals surface area contributed by atoms with E-state index in [0.717, 1.165) is 73.8 Å². The van der Waals surface area contributed by atoms with E-state index in [2.05, 4.69) is 39.1 Å². The maximum absolute atomic E-state index is 11.8. The van der Waals surface area contributed by atoms with Crippen LogP contribution in [0.15, 0.2) is 48.3 Å². The summed E-state index contributed by atoms with van der Waals surface area (Å²) in [5.74, 6) is 2.73. The molecule has 2 heterocycles. The van der Waals surface area contributed by atoms with Crippen molar-refractivity contribution in [1.29, 1.82) is 0 Å². The van der Waals surface area contributed by atoms with Gasteiger partial charge in [-0.1, -0.05) is 29.5 Å². The second-order valence-electron chi connectivity index (χ2n) is 9.38. The van der Waals surface area contributed by atoms with Crippen molar-refractivity contribution in [3.05, 3.63) is 48.3 Å². The molecule has 5 rings (SSSR count). The third kappa shape index (κ3) is 5.78. The molecule has 1 unspecified atom stereocenters. The number of ether oxygens (including phenoxy) is 1. The first kappa shape index (κ1) is 21.7. The van der Waals surface area contributed by atoms with Gasteiger partial charge in [0.2, 0.25) is 5.91 Å². The summed E-state index contributed by atoms with van der Waals surface area (Å²) >= 11 is 1.59. The fourth-order valence-corrected chi connectivity index (χ4v) is 5.50. The molecule has 1 saturated carbocycles. The van der Waals surface area contributed by atoms with Gasteiger partial charge in [-0.05, 0) is 87.7 Å². The molecule has 5 nitrogen and oxygen atoms in total. The van der Waals surface area contributed by atoms with Crippen LogP contribution in [0.2, 0.25) is 0 Å². The maximum atomic E-state index is 11.8. The first-order valence-electron chi connectivity index (χ1n) is 12.1. The van der Waals surface area contributed by atoms with Crippen LogP contribution in [0.4, 0.5) is 0 Å². The van der Waals surface area contributed by atoms with Crippen molar-refractivity contribution in [1.82, 2.24) is 14.8 Å². The summed E-state index contributed by atoms with van der Waals surface area (Å²) in [6, 6.07) is 8.15. The Labute approximate surface area is 194 Å². The SMILES string of the molecule is O=C1CCCN1CCCN(CCC1C=CC(Oc2nc3ccccc3s2)=CC1)CC1CC1. The average molecular weight is 452 g/mol. The second kappa shape index (κ2) is 10.2. The quantitative estimate of drug-likeness (QED) is 0.468. The van der Waals surface area contributed by atoms with E-state index in [1.54, 1.807) is 11.3 Å². The van der Waals surface area contributed by atoms with Gasteiger partial charge in [0.15, 0.2) is 0 Å². The Hall–Kier alpha value is -2.18. The summed E-state index contributed by atoms with van der Waals surface area (Å²) in [7, 11) is 0. The summed E-state index contributed by atoms with van der Waals surface area (Å²) in [4.78, 5) is 21.1. The van der Waals surface area contributed by atoms with Gasteiger partial charge in [0.25, 0.3) is 5.19 Å². The molecule has 3 aliphatic rings. The Morgan fingerprint density at radius 3 is 2.88 bits per heavy atom. The van der Waals surface area contributed by atoms with Crippen LogP contribution in [0, 0.1) is 11.8 Å². The maximum Gasteiger partial charge on any atom is 0.279 e. The van der Waals surface area contributed by atoms with Gasteiger partial charge in [-0.15, -0.1) is 0 Å². The van der Waals surface area contributed by atoms with Crippen molar-refractivity contribution in [3.8, 4) is 5.19 Å². The summed E-state index contributed by atoms with van der Waals surface area (Å²) in [5, 5.41) is 0.715. The van der Waals surface area contributed by atoms with Gasteiger partial charge in [0.1, 0.15) is 5.76 Å². The zero-order valence-corrected chi connectivity index (χ0v) is 19.6. The van der Waals surface area contributed by atoms with E-state index in [1.807, 2.05) is 18.2 Å². The van der Waals surface area contributed by atoms with Crippen molar-refractivity contribution < 1.29 is 9.53 Å². The molecule has 1 aromatic heterocycles. The highest BCUT2D eigenvalue weighted by Gasteiger charge is 2.25. The van der Waals surface area contributed by atoms with E-state index >= 15 is 0 Å². The number of carbonyl (C=O) groups excluding carboxylic acids is 1. The van der Waals surface area contributed by atoms with Crippen LogP contribution in [0.5, 0.6) is 5.19 Å². The van der Waals surface area contributed by atoms with Gasteiger partial charge < -0.3 is 14.5 Å². The van der Waals surface area contributed by atoms with Crippen LogP contribution in [-0.4, -0.2) is 53.4 Å². The van der Waals surface area contributed by atoms with Gasteiger partial charge in [-0.3, -0.25) is 4.79 Å². The molecule has 1 saturated heterocycles. The van der Waals surface area contributed by atoms with Crippen LogP contribution in [0.25, 0.3) is 10.2 Å². The Kier molecular flexibility index (Phi) is 6.89. The number of allylic oxidation sites excluding steroid dienone is 3. The summed E-state index contributed by atoms with van der Waals surface area (Å²) in [5.41, 5.74) is 0.996. The van der Waals surface area contributed by atoms with Gasteiger partial charge in [0.05, 0.1) is 10.2 Å². The summed E-state index contributed by atoms with van der Waals surface area (Å²) in [6.07, 6.45) is 14.5. The lowest BCUT2D eigenvalue weighted by molar-refractivity contribution is -0.127. The number of benzene rings is 1. The van der Waals surface area contributed by atoms with Crippen LogP contribution in [0.3, 0.4) is 0 Å². The minimum atomic E-state index is 0.349. The number of para-hydroxylation sites is 1. The molecule has 1 aliphatic heterocycles. The monoisotopic (exact) mass is 451 g/mol. The molecule has 2 aliphatic carbocycles. The smallest absolute Gasteiger partial charge is 0.279 e. The molecule has 2 aromatic rings. The molecule has 1 aromatic carbocycles. The predicted molar refractivity (Wildman–Crippen MR) is 130 cm³/mol. The van der Waals surface area contributed by atoms with Crippen molar-refractivity contribution >= 4 is 27.5 Å². The highest BCUT2D eigenvalue weighted by Crippen LogP contribution is 2.31. The number of thiazole rings is 1. The molecule has 1 amide bonds. The number of nitrogens with zero attached hydrogens (tertiary/aromatic N) is 3. The molecule has 0 spiro atoms. The minimum Gasteiger partial charge on any atom is -0.431 e. The van der Waals surface area contributed by atoms with E-state index in [0.29, 0.717) is 17.0 Å². The van der Waals surface area contributed by atoms with Crippen molar-refractivity contribution in [2.24, 2.45) is 11.8 Å². The van der Waals surface area contributed by atoms with E-state index in [9.17, 15) is 4.79 Å². The van der Waals surface area contributed by atoms with Gasteiger partial charge >= 0.3 is 0 Å².